The van der Waals surface area contributed by atoms with Crippen molar-refractivity contribution in [3.05, 3.63) is 65.5 Å². The number of anilines is 1. The van der Waals surface area contributed by atoms with Crippen molar-refractivity contribution in [3.8, 4) is 0 Å². The lowest BCUT2D eigenvalue weighted by atomic mass is 9.97. The van der Waals surface area contributed by atoms with E-state index in [1.165, 1.54) is 12.1 Å². The minimum Gasteiger partial charge on any atom is -0.396 e. The van der Waals surface area contributed by atoms with Crippen molar-refractivity contribution >= 4 is 11.6 Å². The summed E-state index contributed by atoms with van der Waals surface area (Å²) in [5.41, 5.74) is 2.14. The summed E-state index contributed by atoms with van der Waals surface area (Å²) in [5.74, 6) is -0.163. The van der Waals surface area contributed by atoms with Crippen LogP contribution in [0.1, 0.15) is 28.8 Å². The summed E-state index contributed by atoms with van der Waals surface area (Å²) in [6, 6.07) is 13.5. The minimum atomic E-state index is -0.374. The molecule has 1 fully saturated rings. The Kier molecular flexibility index (Phi) is 6.36. The number of amides is 1. The first-order valence-corrected chi connectivity index (χ1v) is 9.13. The third kappa shape index (κ3) is 5.13. The fourth-order valence-corrected chi connectivity index (χ4v) is 3.32. The molecule has 0 aliphatic carbocycles. The summed E-state index contributed by atoms with van der Waals surface area (Å²) < 4.78 is 13.2. The molecule has 0 radical (unpaired) electrons. The highest BCUT2D eigenvalue weighted by molar-refractivity contribution is 6.04. The van der Waals surface area contributed by atoms with Crippen molar-refractivity contribution in [2.24, 2.45) is 5.92 Å². The molecule has 1 heterocycles. The number of aliphatic hydroxyl groups excluding tert-OH is 1. The highest BCUT2D eigenvalue weighted by Crippen LogP contribution is 2.17. The highest BCUT2D eigenvalue weighted by Gasteiger charge is 2.18. The number of hydrogen-bond donors (Lipinski definition) is 2. The normalized spacial score (nSPS) is 15.8. The average Bonchev–Trinajstić information content (AvgIpc) is 2.67. The Morgan fingerprint density at radius 3 is 2.65 bits per heavy atom. The van der Waals surface area contributed by atoms with Crippen LogP contribution in [0.5, 0.6) is 0 Å². The van der Waals surface area contributed by atoms with Gasteiger partial charge < -0.3 is 15.3 Å². The summed E-state index contributed by atoms with van der Waals surface area (Å²) in [7, 11) is 0. The fourth-order valence-electron chi connectivity index (χ4n) is 3.32. The molecule has 0 aromatic heterocycles. The van der Waals surface area contributed by atoms with Crippen LogP contribution in [0.4, 0.5) is 10.1 Å². The minimum absolute atomic E-state index is 0.235. The topological polar surface area (TPSA) is 52.6 Å². The van der Waals surface area contributed by atoms with E-state index in [1.54, 1.807) is 18.2 Å². The molecule has 1 amide bonds. The molecule has 26 heavy (non-hydrogen) atoms. The van der Waals surface area contributed by atoms with E-state index >= 15 is 0 Å². The Hall–Kier alpha value is -2.24. The molecule has 1 aliphatic rings. The Labute approximate surface area is 153 Å². The Morgan fingerprint density at radius 1 is 1.15 bits per heavy atom. The van der Waals surface area contributed by atoms with E-state index in [0.29, 0.717) is 17.2 Å². The summed E-state index contributed by atoms with van der Waals surface area (Å²) in [5, 5.41) is 11.9. The molecular weight excluding hydrogens is 331 g/mol. The molecule has 1 saturated heterocycles. The third-order valence-electron chi connectivity index (χ3n) is 4.95. The van der Waals surface area contributed by atoms with Crippen LogP contribution < -0.4 is 5.32 Å². The van der Waals surface area contributed by atoms with Gasteiger partial charge in [0.1, 0.15) is 5.82 Å². The van der Waals surface area contributed by atoms with Gasteiger partial charge in [0.05, 0.1) is 0 Å². The first-order chi connectivity index (χ1) is 12.6. The smallest absolute Gasteiger partial charge is 0.255 e. The number of nitrogens with zero attached hydrogens (tertiary/aromatic N) is 1. The van der Waals surface area contributed by atoms with E-state index in [9.17, 15) is 14.3 Å². The van der Waals surface area contributed by atoms with E-state index in [4.69, 9.17) is 0 Å². The second-order valence-electron chi connectivity index (χ2n) is 6.88. The molecule has 0 atom stereocenters. The van der Waals surface area contributed by atoms with E-state index in [0.717, 1.165) is 44.5 Å². The molecule has 1 aliphatic heterocycles. The van der Waals surface area contributed by atoms with Gasteiger partial charge in [0.15, 0.2) is 0 Å². The lowest BCUT2D eigenvalue weighted by Gasteiger charge is -2.31. The van der Waals surface area contributed by atoms with Crippen LogP contribution in [0.2, 0.25) is 0 Å². The average molecular weight is 356 g/mol. The second kappa shape index (κ2) is 8.92. The third-order valence-corrected chi connectivity index (χ3v) is 4.95. The number of carbonyl (C=O) groups is 1. The van der Waals surface area contributed by atoms with Crippen LogP contribution in [0.3, 0.4) is 0 Å². The number of rotatable bonds is 6. The van der Waals surface area contributed by atoms with Crippen LogP contribution in [-0.4, -0.2) is 42.2 Å². The predicted molar refractivity (Wildman–Crippen MR) is 101 cm³/mol. The molecular formula is C21H25FN2O2. The second-order valence-corrected chi connectivity index (χ2v) is 6.88. The van der Waals surface area contributed by atoms with Crippen LogP contribution in [0.15, 0.2) is 48.5 Å². The summed E-state index contributed by atoms with van der Waals surface area (Å²) in [4.78, 5) is 14.8. The molecule has 0 unspecified atom stereocenters. The lowest BCUT2D eigenvalue weighted by molar-refractivity contribution is 0.102. The zero-order valence-corrected chi connectivity index (χ0v) is 14.8. The van der Waals surface area contributed by atoms with Gasteiger partial charge in [-0.3, -0.25) is 4.79 Å². The van der Waals surface area contributed by atoms with Crippen molar-refractivity contribution in [2.45, 2.75) is 19.3 Å². The molecule has 5 heteroatoms. The first kappa shape index (κ1) is 18.5. The van der Waals surface area contributed by atoms with Gasteiger partial charge in [0.25, 0.3) is 5.91 Å². The molecule has 0 saturated carbocycles. The Bertz CT molecular complexity index is 742. The van der Waals surface area contributed by atoms with Gasteiger partial charge in [-0.1, -0.05) is 18.2 Å². The number of nitrogens with one attached hydrogen (secondary N) is 1. The zero-order chi connectivity index (χ0) is 18.4. The molecule has 2 aromatic carbocycles. The maximum Gasteiger partial charge on any atom is 0.255 e. The molecule has 3 rings (SSSR count). The molecule has 0 spiro atoms. The van der Waals surface area contributed by atoms with Gasteiger partial charge in [-0.15, -0.1) is 0 Å². The van der Waals surface area contributed by atoms with Gasteiger partial charge in [-0.25, -0.2) is 4.39 Å². The van der Waals surface area contributed by atoms with Gasteiger partial charge in [0, 0.05) is 24.4 Å². The van der Waals surface area contributed by atoms with Gasteiger partial charge in [-0.05, 0) is 74.2 Å². The Morgan fingerprint density at radius 2 is 1.92 bits per heavy atom. The van der Waals surface area contributed by atoms with Crippen LogP contribution in [0, 0.1) is 11.7 Å². The van der Waals surface area contributed by atoms with E-state index in [-0.39, 0.29) is 18.3 Å². The monoisotopic (exact) mass is 356 g/mol. The van der Waals surface area contributed by atoms with E-state index in [2.05, 4.69) is 10.2 Å². The highest BCUT2D eigenvalue weighted by atomic mass is 19.1. The maximum absolute atomic E-state index is 13.2. The number of benzene rings is 2. The molecule has 138 valence electrons. The van der Waals surface area contributed by atoms with Crippen LogP contribution >= 0.6 is 0 Å². The van der Waals surface area contributed by atoms with Crippen molar-refractivity contribution in [2.75, 3.05) is 31.6 Å². The Balaban J connectivity index is 1.55. The van der Waals surface area contributed by atoms with E-state index < -0.39 is 0 Å². The molecule has 2 aromatic rings. The van der Waals surface area contributed by atoms with Crippen LogP contribution in [0.25, 0.3) is 0 Å². The number of halogens is 1. The maximum atomic E-state index is 13.2. The standard InChI is InChI=1S/C21H25FN2O2/c22-19-5-2-6-20(14-19)23-21(26)18-4-1-3-16(13-18)7-10-24-11-8-17(15-25)9-12-24/h1-6,13-14,17,25H,7-12,15H2,(H,23,26). The number of carbonyl (C=O) groups excluding carboxylic acids is 1. The first-order valence-electron chi connectivity index (χ1n) is 9.13. The number of piperidine rings is 1. The predicted octanol–water partition coefficient (Wildman–Crippen LogP) is 3.32. The van der Waals surface area contributed by atoms with Crippen molar-refractivity contribution in [1.29, 1.82) is 0 Å². The largest absolute Gasteiger partial charge is 0.396 e. The summed E-state index contributed by atoms with van der Waals surface area (Å²) in [6.45, 7) is 3.28. The zero-order valence-electron chi connectivity index (χ0n) is 14.8. The molecule has 2 N–H and O–H groups in total. The lowest BCUT2D eigenvalue weighted by Crippen LogP contribution is -2.36. The van der Waals surface area contributed by atoms with Crippen molar-refractivity contribution < 1.29 is 14.3 Å². The molecule has 4 nitrogen and oxygen atoms in total. The van der Waals surface area contributed by atoms with Crippen molar-refractivity contribution in [3.63, 3.8) is 0 Å². The van der Waals surface area contributed by atoms with Gasteiger partial charge in [-0.2, -0.15) is 0 Å². The number of hydrogen-bond acceptors (Lipinski definition) is 3. The van der Waals surface area contributed by atoms with Gasteiger partial charge >= 0.3 is 0 Å². The SMILES string of the molecule is O=C(Nc1cccc(F)c1)c1cccc(CCN2CCC(CO)CC2)c1. The van der Waals surface area contributed by atoms with E-state index in [1.807, 2.05) is 18.2 Å². The molecule has 0 bridgehead atoms. The summed E-state index contributed by atoms with van der Waals surface area (Å²) in [6.07, 6.45) is 2.98. The van der Waals surface area contributed by atoms with Gasteiger partial charge in [0.2, 0.25) is 0 Å². The number of likely N-dealkylation sites (tertiary alicyclic amines) is 1. The summed E-state index contributed by atoms with van der Waals surface area (Å²) >= 11 is 0. The quantitative estimate of drug-likeness (QED) is 0.835. The number of aliphatic hydroxyl groups is 1. The van der Waals surface area contributed by atoms with Crippen LogP contribution in [-0.2, 0) is 6.42 Å². The van der Waals surface area contributed by atoms with Crippen molar-refractivity contribution in [1.82, 2.24) is 4.90 Å². The fraction of sp³-hybridized carbons (Fsp3) is 0.381.